The van der Waals surface area contributed by atoms with E-state index in [0.29, 0.717) is 29.7 Å². The van der Waals surface area contributed by atoms with E-state index in [1.807, 2.05) is 0 Å². The number of thiazole rings is 1. The Balaban J connectivity index is 2.17. The van der Waals surface area contributed by atoms with Gasteiger partial charge in [0.15, 0.2) is 9.84 Å². The molecule has 1 aromatic heterocycles. The van der Waals surface area contributed by atoms with Crippen molar-refractivity contribution in [1.82, 2.24) is 4.57 Å². The molecular formula is C17H10F5NO4S2. The van der Waals surface area contributed by atoms with E-state index < -0.39 is 48.9 Å². The minimum atomic E-state index is -4.96. The number of nitrogens with zero attached hydrogens (tertiary/aromatic N) is 1. The number of hydrogen-bond donors (Lipinski definition) is 0. The van der Waals surface area contributed by atoms with Crippen LogP contribution in [-0.2, 0) is 9.84 Å². The summed E-state index contributed by atoms with van der Waals surface area (Å²) in [6.07, 6.45) is -4.25. The molecule has 0 saturated carbocycles. The first kappa shape index (κ1) is 21.0. The molecule has 29 heavy (non-hydrogen) atoms. The van der Waals surface area contributed by atoms with Gasteiger partial charge in [-0.25, -0.2) is 17.2 Å². The first-order valence-corrected chi connectivity index (χ1v) is 10.4. The highest BCUT2D eigenvalue weighted by Crippen LogP contribution is 2.31. The maximum Gasteiger partial charge on any atom is 0.573 e. The zero-order valence-electron chi connectivity index (χ0n) is 14.3. The fraction of sp³-hybridized carbons (Fsp3) is 0.118. The lowest BCUT2D eigenvalue weighted by Crippen LogP contribution is -2.18. The average Bonchev–Trinajstić information content (AvgIpc) is 2.95. The van der Waals surface area contributed by atoms with E-state index in [1.54, 1.807) is 0 Å². The quantitative estimate of drug-likeness (QED) is 0.560. The topological polar surface area (TPSA) is 65.4 Å². The third-order valence-electron chi connectivity index (χ3n) is 3.70. The molecule has 1 heterocycles. The lowest BCUT2D eigenvalue weighted by Gasteiger charge is -2.13. The van der Waals surface area contributed by atoms with Crippen molar-refractivity contribution in [1.29, 1.82) is 0 Å². The maximum absolute atomic E-state index is 14.5. The third kappa shape index (κ3) is 4.48. The minimum absolute atomic E-state index is 0.0833. The first-order valence-electron chi connectivity index (χ1n) is 7.63. The molecular weight excluding hydrogens is 441 g/mol. The van der Waals surface area contributed by atoms with Crippen LogP contribution in [0.1, 0.15) is 0 Å². The van der Waals surface area contributed by atoms with Crippen molar-refractivity contribution in [3.63, 3.8) is 0 Å². The highest BCUT2D eigenvalue weighted by Gasteiger charge is 2.31. The van der Waals surface area contributed by atoms with Crippen molar-refractivity contribution in [2.45, 2.75) is 11.3 Å². The molecule has 0 amide bonds. The molecule has 0 fully saturated rings. The third-order valence-corrected chi connectivity index (χ3v) is 5.54. The molecule has 12 heteroatoms. The lowest BCUT2D eigenvalue weighted by atomic mass is 10.1. The highest BCUT2D eigenvalue weighted by molar-refractivity contribution is 7.90. The molecule has 3 rings (SSSR count). The zero-order chi connectivity index (χ0) is 21.6. The van der Waals surface area contributed by atoms with Gasteiger partial charge in [0.1, 0.15) is 22.3 Å². The van der Waals surface area contributed by atoms with Gasteiger partial charge in [0.2, 0.25) is 0 Å². The SMILES string of the molecule is CS(=O)(=O)c1cc(F)c(-c2csc(=O)n2-c2cccc(OC(F)(F)F)c2)cc1F. The largest absolute Gasteiger partial charge is 0.573 e. The Labute approximate surface area is 164 Å². The van der Waals surface area contributed by atoms with Crippen LogP contribution in [0, 0.1) is 11.6 Å². The molecule has 0 aliphatic rings. The van der Waals surface area contributed by atoms with Crippen LogP contribution in [0.4, 0.5) is 22.0 Å². The summed E-state index contributed by atoms with van der Waals surface area (Å²) in [7, 11) is -4.04. The summed E-state index contributed by atoms with van der Waals surface area (Å²) in [6.45, 7) is 0. The number of aromatic nitrogens is 1. The van der Waals surface area contributed by atoms with E-state index >= 15 is 0 Å². The Morgan fingerprint density at radius 3 is 2.38 bits per heavy atom. The summed E-state index contributed by atoms with van der Waals surface area (Å²) in [5.74, 6) is -2.97. The summed E-state index contributed by atoms with van der Waals surface area (Å²) in [4.78, 5) is 10.7. The van der Waals surface area contributed by atoms with Crippen LogP contribution in [0.2, 0.25) is 0 Å². The Morgan fingerprint density at radius 2 is 1.76 bits per heavy atom. The Hall–Kier alpha value is -2.73. The Morgan fingerprint density at radius 1 is 1.07 bits per heavy atom. The second-order valence-electron chi connectivity index (χ2n) is 5.80. The average molecular weight is 451 g/mol. The number of benzene rings is 2. The number of ether oxygens (including phenoxy) is 1. The molecule has 0 aliphatic carbocycles. The van der Waals surface area contributed by atoms with E-state index in [-0.39, 0.29) is 11.4 Å². The summed E-state index contributed by atoms with van der Waals surface area (Å²) in [6, 6.07) is 5.48. The molecule has 0 N–H and O–H groups in total. The van der Waals surface area contributed by atoms with Crippen LogP contribution in [0.25, 0.3) is 16.9 Å². The Kier molecular flexibility index (Phi) is 5.26. The van der Waals surface area contributed by atoms with E-state index in [1.165, 1.54) is 17.5 Å². The molecule has 154 valence electrons. The maximum atomic E-state index is 14.5. The lowest BCUT2D eigenvalue weighted by molar-refractivity contribution is -0.274. The van der Waals surface area contributed by atoms with E-state index in [0.717, 1.165) is 16.7 Å². The molecule has 0 saturated heterocycles. The van der Waals surface area contributed by atoms with Crippen LogP contribution in [0.3, 0.4) is 0 Å². The zero-order valence-corrected chi connectivity index (χ0v) is 16.0. The predicted molar refractivity (Wildman–Crippen MR) is 95.1 cm³/mol. The van der Waals surface area contributed by atoms with Crippen LogP contribution >= 0.6 is 11.3 Å². The van der Waals surface area contributed by atoms with Crippen molar-refractivity contribution in [3.05, 3.63) is 63.1 Å². The van der Waals surface area contributed by atoms with Crippen molar-refractivity contribution in [2.24, 2.45) is 0 Å². The van der Waals surface area contributed by atoms with E-state index in [4.69, 9.17) is 0 Å². The molecule has 3 aromatic rings. The van der Waals surface area contributed by atoms with Crippen LogP contribution < -0.4 is 9.61 Å². The van der Waals surface area contributed by atoms with Gasteiger partial charge >= 0.3 is 11.2 Å². The molecule has 0 unspecified atom stereocenters. The number of alkyl halides is 3. The summed E-state index contributed by atoms with van der Waals surface area (Å²) >= 11 is 0.601. The van der Waals surface area contributed by atoms with Gasteiger partial charge in [0.05, 0.1) is 11.4 Å². The molecule has 0 radical (unpaired) electrons. The van der Waals surface area contributed by atoms with Crippen LogP contribution in [-0.4, -0.2) is 25.6 Å². The van der Waals surface area contributed by atoms with Gasteiger partial charge in [-0.2, -0.15) is 0 Å². The molecule has 2 aromatic carbocycles. The van der Waals surface area contributed by atoms with Crippen LogP contribution in [0.15, 0.2) is 51.5 Å². The van der Waals surface area contributed by atoms with Gasteiger partial charge in [-0.15, -0.1) is 13.2 Å². The molecule has 0 aliphatic heterocycles. The number of sulfone groups is 1. The minimum Gasteiger partial charge on any atom is -0.406 e. The summed E-state index contributed by atoms with van der Waals surface area (Å²) in [5.41, 5.74) is -0.684. The number of rotatable bonds is 4. The van der Waals surface area contributed by atoms with Gasteiger partial charge in [0, 0.05) is 23.3 Å². The fourth-order valence-corrected chi connectivity index (χ4v) is 4.05. The van der Waals surface area contributed by atoms with Gasteiger partial charge in [-0.05, 0) is 24.3 Å². The molecule has 5 nitrogen and oxygen atoms in total. The summed E-state index contributed by atoms with van der Waals surface area (Å²) < 4.78 is 93.8. The number of halogens is 5. The smallest absolute Gasteiger partial charge is 0.406 e. The first-order chi connectivity index (χ1) is 13.4. The highest BCUT2D eigenvalue weighted by atomic mass is 32.2. The molecule has 0 spiro atoms. The second kappa shape index (κ2) is 7.26. The Bertz CT molecular complexity index is 1250. The molecule has 0 atom stereocenters. The van der Waals surface area contributed by atoms with E-state index in [2.05, 4.69) is 4.74 Å². The van der Waals surface area contributed by atoms with Crippen molar-refractivity contribution in [3.8, 4) is 22.7 Å². The van der Waals surface area contributed by atoms with Crippen molar-refractivity contribution < 1.29 is 35.1 Å². The van der Waals surface area contributed by atoms with Crippen molar-refractivity contribution >= 4 is 21.2 Å². The van der Waals surface area contributed by atoms with Crippen molar-refractivity contribution in [2.75, 3.05) is 6.26 Å². The van der Waals surface area contributed by atoms with Gasteiger partial charge in [-0.3, -0.25) is 9.36 Å². The molecule has 0 bridgehead atoms. The predicted octanol–water partition coefficient (Wildman–Crippen LogP) is 4.15. The standard InChI is InChI=1S/C17H10F5NO4S2/c1-29(25,26)15-7-12(18)11(6-13(15)19)14-8-28-16(24)23(14)9-3-2-4-10(5-9)27-17(20,21)22/h2-8H,1H3. The summed E-state index contributed by atoms with van der Waals surface area (Å²) in [5, 5.41) is 1.18. The van der Waals surface area contributed by atoms with E-state index in [9.17, 15) is 35.2 Å². The van der Waals surface area contributed by atoms with Gasteiger partial charge < -0.3 is 4.74 Å². The van der Waals surface area contributed by atoms with Gasteiger partial charge in [0.25, 0.3) is 0 Å². The van der Waals surface area contributed by atoms with Crippen LogP contribution in [0.5, 0.6) is 5.75 Å². The number of hydrogen-bond acceptors (Lipinski definition) is 5. The monoisotopic (exact) mass is 451 g/mol. The second-order valence-corrected chi connectivity index (χ2v) is 8.61. The van der Waals surface area contributed by atoms with Gasteiger partial charge in [-0.1, -0.05) is 17.4 Å². The normalized spacial score (nSPS) is 12.2. The fourth-order valence-electron chi connectivity index (χ4n) is 2.57.